The maximum Gasteiger partial charge on any atom is 0.407 e. The Bertz CT molecular complexity index is 1260. The molecule has 33 heavy (non-hydrogen) atoms. The molecule has 178 valence electrons. The lowest BCUT2D eigenvalue weighted by Crippen LogP contribution is -2.47. The first kappa shape index (κ1) is 23.4. The van der Waals surface area contributed by atoms with E-state index < -0.39 is 21.7 Å². The van der Waals surface area contributed by atoms with Crippen LogP contribution in [0.3, 0.4) is 0 Å². The number of imidazole rings is 1. The van der Waals surface area contributed by atoms with Gasteiger partial charge in [0.25, 0.3) is 5.19 Å². The van der Waals surface area contributed by atoms with Crippen molar-refractivity contribution in [2.75, 3.05) is 12.8 Å². The van der Waals surface area contributed by atoms with E-state index in [-0.39, 0.29) is 28.5 Å². The maximum absolute atomic E-state index is 14.5. The van der Waals surface area contributed by atoms with E-state index in [1.165, 1.54) is 32.9 Å². The van der Waals surface area contributed by atoms with Crippen molar-refractivity contribution >= 4 is 32.2 Å². The molecule has 0 aliphatic carbocycles. The van der Waals surface area contributed by atoms with E-state index in [0.29, 0.717) is 22.4 Å². The minimum atomic E-state index is -3.50. The van der Waals surface area contributed by atoms with Gasteiger partial charge < -0.3 is 14.7 Å². The van der Waals surface area contributed by atoms with E-state index >= 15 is 0 Å². The van der Waals surface area contributed by atoms with E-state index in [0.717, 1.165) is 31.6 Å². The summed E-state index contributed by atoms with van der Waals surface area (Å²) in [7, 11) is -3.50. The summed E-state index contributed by atoms with van der Waals surface area (Å²) in [6, 6.07) is 3.71. The quantitative estimate of drug-likeness (QED) is 0.550. The van der Waals surface area contributed by atoms with Crippen molar-refractivity contribution in [3.8, 4) is 16.5 Å². The Labute approximate surface area is 194 Å². The molecular weight excluding hydrogens is 471 g/mol. The van der Waals surface area contributed by atoms with Gasteiger partial charge in [-0.15, -0.1) is 5.10 Å². The fourth-order valence-electron chi connectivity index (χ4n) is 4.20. The fourth-order valence-corrected chi connectivity index (χ4v) is 5.64. The molecule has 1 aliphatic heterocycles. The van der Waals surface area contributed by atoms with Crippen molar-refractivity contribution in [3.05, 3.63) is 30.2 Å². The van der Waals surface area contributed by atoms with Gasteiger partial charge in [-0.1, -0.05) is 6.92 Å². The van der Waals surface area contributed by atoms with Gasteiger partial charge in [0.1, 0.15) is 11.9 Å². The topological polar surface area (TPSA) is 114 Å². The summed E-state index contributed by atoms with van der Waals surface area (Å²) in [6.45, 7) is 4.43. The number of amides is 1. The van der Waals surface area contributed by atoms with Crippen LogP contribution in [0.4, 0.5) is 9.18 Å². The van der Waals surface area contributed by atoms with E-state index in [4.69, 9.17) is 4.74 Å². The van der Waals surface area contributed by atoms with Gasteiger partial charge in [-0.05, 0) is 61.6 Å². The molecule has 9 nitrogen and oxygen atoms in total. The molecule has 3 heterocycles. The molecule has 2 aromatic heterocycles. The highest BCUT2D eigenvalue weighted by molar-refractivity contribution is 7.90. The third-order valence-corrected chi connectivity index (χ3v) is 8.02. The van der Waals surface area contributed by atoms with Crippen LogP contribution in [0.25, 0.3) is 16.2 Å². The van der Waals surface area contributed by atoms with Crippen LogP contribution in [0, 0.1) is 11.7 Å². The van der Waals surface area contributed by atoms with E-state index in [2.05, 4.69) is 10.1 Å². The summed E-state index contributed by atoms with van der Waals surface area (Å²) in [5.41, 5.74) is 0.532. The van der Waals surface area contributed by atoms with Crippen LogP contribution in [0.1, 0.15) is 33.1 Å². The number of ether oxygens (including phenoxy) is 1. The number of rotatable bonds is 6. The molecule has 1 N–H and O–H groups in total. The Balaban J connectivity index is 1.47. The monoisotopic (exact) mass is 496 g/mol. The zero-order chi connectivity index (χ0) is 23.9. The minimum absolute atomic E-state index is 0.0209. The zero-order valence-corrected chi connectivity index (χ0v) is 20.1. The number of likely N-dealkylation sites (tertiary alicyclic amines) is 1. The highest BCUT2D eigenvalue weighted by atomic mass is 32.2. The summed E-state index contributed by atoms with van der Waals surface area (Å²) in [4.78, 5) is 17.7. The van der Waals surface area contributed by atoms with Gasteiger partial charge >= 0.3 is 6.09 Å². The second-order valence-corrected chi connectivity index (χ2v) is 11.2. The number of aromatic nitrogens is 3. The van der Waals surface area contributed by atoms with Crippen molar-refractivity contribution < 1.29 is 27.4 Å². The van der Waals surface area contributed by atoms with Gasteiger partial charge in [-0.25, -0.2) is 27.1 Å². The Kier molecular flexibility index (Phi) is 6.32. The normalized spacial score (nSPS) is 20.2. The standard InChI is InChI=1S/C21H25FN4O5S2/c1-4-14-9-13(7-8-25(14)21(27)28)12(2)31-20-24-26-11-18(23-19(26)32-20)16-6-5-15(10-17(16)22)33(3,29)30/h5-6,10-14H,4,7-9H2,1-3H3,(H,27,28)/t12-,13?,14?/m0/s1. The molecule has 2 unspecified atom stereocenters. The van der Waals surface area contributed by atoms with Crippen LogP contribution in [0.15, 0.2) is 29.3 Å². The first-order valence-electron chi connectivity index (χ1n) is 10.6. The molecule has 12 heteroatoms. The average molecular weight is 497 g/mol. The Morgan fingerprint density at radius 2 is 2.18 bits per heavy atom. The highest BCUT2D eigenvalue weighted by Gasteiger charge is 2.34. The number of hydrogen-bond donors (Lipinski definition) is 1. The second-order valence-electron chi connectivity index (χ2n) is 8.28. The number of halogens is 1. The number of fused-ring (bicyclic) bond motifs is 1. The number of nitrogens with zero attached hydrogens (tertiary/aromatic N) is 4. The van der Waals surface area contributed by atoms with Crippen LogP contribution >= 0.6 is 11.3 Å². The summed E-state index contributed by atoms with van der Waals surface area (Å²) in [6.07, 6.45) is 3.78. The molecular formula is C21H25FN4O5S2. The Morgan fingerprint density at radius 1 is 1.42 bits per heavy atom. The highest BCUT2D eigenvalue weighted by Crippen LogP contribution is 2.32. The second kappa shape index (κ2) is 8.90. The van der Waals surface area contributed by atoms with Gasteiger partial charge in [0.15, 0.2) is 9.84 Å². The van der Waals surface area contributed by atoms with Crippen molar-refractivity contribution in [1.29, 1.82) is 0 Å². The largest absolute Gasteiger partial charge is 0.466 e. The number of piperidine rings is 1. The third kappa shape index (κ3) is 4.81. The lowest BCUT2D eigenvalue weighted by atomic mass is 9.86. The molecule has 1 fully saturated rings. The zero-order valence-electron chi connectivity index (χ0n) is 18.4. The molecule has 3 aromatic rings. The van der Waals surface area contributed by atoms with Crippen LogP contribution in [0.5, 0.6) is 5.19 Å². The molecule has 0 radical (unpaired) electrons. The van der Waals surface area contributed by atoms with Gasteiger partial charge in [0, 0.05) is 24.4 Å². The third-order valence-electron chi connectivity index (χ3n) is 6.09. The number of carboxylic acid groups (broad SMARTS) is 1. The van der Waals surface area contributed by atoms with Crippen LogP contribution in [-0.4, -0.2) is 64.1 Å². The number of hydrogen-bond acceptors (Lipinski definition) is 7. The summed E-state index contributed by atoms with van der Waals surface area (Å²) in [5, 5.41) is 14.2. The Hall–Kier alpha value is -2.73. The SMILES string of the molecule is CCC1CC([C@H](C)Oc2nn3cc(-c4ccc(S(C)(=O)=O)cc4F)nc3s2)CCN1C(=O)O. The molecule has 1 aromatic carbocycles. The van der Waals surface area contributed by atoms with Gasteiger partial charge in [-0.2, -0.15) is 0 Å². The number of carbonyl (C=O) groups is 1. The Morgan fingerprint density at radius 3 is 2.79 bits per heavy atom. The van der Waals surface area contributed by atoms with Crippen molar-refractivity contribution in [2.24, 2.45) is 5.92 Å². The fraction of sp³-hybridized carbons (Fsp3) is 0.476. The molecule has 3 atom stereocenters. The molecule has 0 saturated carbocycles. The molecule has 1 amide bonds. The average Bonchev–Trinajstić information content (AvgIpc) is 3.30. The predicted molar refractivity (Wildman–Crippen MR) is 121 cm³/mol. The summed E-state index contributed by atoms with van der Waals surface area (Å²) in [5.74, 6) is -0.466. The number of benzene rings is 1. The molecule has 1 aliphatic rings. The van der Waals surface area contributed by atoms with Crippen LogP contribution < -0.4 is 4.74 Å². The predicted octanol–water partition coefficient (Wildman–Crippen LogP) is 3.94. The van der Waals surface area contributed by atoms with E-state index in [1.54, 1.807) is 6.20 Å². The van der Waals surface area contributed by atoms with Gasteiger partial charge in [-0.3, -0.25) is 0 Å². The summed E-state index contributed by atoms with van der Waals surface area (Å²) >= 11 is 1.23. The molecule has 0 bridgehead atoms. The maximum atomic E-state index is 14.5. The van der Waals surface area contributed by atoms with E-state index in [1.807, 2.05) is 13.8 Å². The minimum Gasteiger partial charge on any atom is -0.466 e. The van der Waals surface area contributed by atoms with Crippen molar-refractivity contribution in [2.45, 2.75) is 50.2 Å². The molecule has 4 rings (SSSR count). The first-order chi connectivity index (χ1) is 15.6. The number of sulfone groups is 1. The van der Waals surface area contributed by atoms with Crippen LogP contribution in [0.2, 0.25) is 0 Å². The van der Waals surface area contributed by atoms with E-state index in [9.17, 15) is 22.7 Å². The first-order valence-corrected chi connectivity index (χ1v) is 13.3. The van der Waals surface area contributed by atoms with Gasteiger partial charge in [0.05, 0.1) is 16.8 Å². The summed E-state index contributed by atoms with van der Waals surface area (Å²) < 4.78 is 45.3. The lowest BCUT2D eigenvalue weighted by Gasteiger charge is -2.39. The molecule has 0 spiro atoms. The van der Waals surface area contributed by atoms with Gasteiger partial charge in [0.2, 0.25) is 4.96 Å². The van der Waals surface area contributed by atoms with Crippen molar-refractivity contribution in [1.82, 2.24) is 19.5 Å². The van der Waals surface area contributed by atoms with Crippen LogP contribution in [-0.2, 0) is 9.84 Å². The van der Waals surface area contributed by atoms with Crippen molar-refractivity contribution in [3.63, 3.8) is 0 Å². The smallest absolute Gasteiger partial charge is 0.407 e. The lowest BCUT2D eigenvalue weighted by molar-refractivity contribution is 0.0489. The molecule has 1 saturated heterocycles.